The number of hydrogen-bond acceptors (Lipinski definition) is 4. The predicted molar refractivity (Wildman–Crippen MR) is 319 cm³/mol. The standard InChI is InChI=1S/C65H124N4O2.C2H6/c1-6-9-12-15-18-21-24-27-30-35-50-68(51-36-31-28-25-22-19-16-13-10-7-2)54-55-69(52-37-32-29-26-23-20-17-14-11-8-3)53-49-66-63(71)56-67-62(70)41-38-40-58-43-45-60-59-44-42-57-39-33-34-47-64(57,4)61(59)46-48-65(58,60)5;1-2/h57-61H,6-56H2,1-5H3,(H,66,71)(H,67,70);1-2H3. The van der Waals surface area contributed by atoms with E-state index in [-0.39, 0.29) is 18.4 Å². The number of fused-ring (bicyclic) bond motifs is 5. The number of hydrogen-bond donors (Lipinski definition) is 2. The number of carbonyl (C=O) groups is 2. The zero-order valence-corrected chi connectivity index (χ0v) is 50.7. The maximum atomic E-state index is 13.1. The lowest BCUT2D eigenvalue weighted by Crippen LogP contribution is -2.52. The topological polar surface area (TPSA) is 64.7 Å². The minimum atomic E-state index is -0.0370. The first-order valence-electron chi connectivity index (χ1n) is 33.7. The highest BCUT2D eigenvalue weighted by atomic mass is 16.2. The number of amides is 2. The van der Waals surface area contributed by atoms with E-state index in [0.29, 0.717) is 23.8 Å². The second-order valence-corrected chi connectivity index (χ2v) is 25.5. The lowest BCUT2D eigenvalue weighted by Gasteiger charge is -2.60. The molecule has 6 heteroatoms. The summed E-state index contributed by atoms with van der Waals surface area (Å²) >= 11 is 0. The van der Waals surface area contributed by atoms with Crippen LogP contribution in [0.15, 0.2) is 0 Å². The Morgan fingerprint density at radius 2 is 0.877 bits per heavy atom. The van der Waals surface area contributed by atoms with Gasteiger partial charge in [0.2, 0.25) is 11.8 Å². The third kappa shape index (κ3) is 26.4. The average molecular weight is 1020 g/mol. The number of rotatable bonds is 45. The highest BCUT2D eigenvalue weighted by Gasteiger charge is 2.59. The Bertz CT molecular complexity index is 1300. The molecule has 0 spiro atoms. The Balaban J connectivity index is 0.00000694. The molecule has 7 atom stereocenters. The molecule has 0 aromatic heterocycles. The first kappa shape index (κ1) is 66.1. The summed E-state index contributed by atoms with van der Waals surface area (Å²) in [5.41, 5.74) is 1.07. The van der Waals surface area contributed by atoms with Crippen LogP contribution in [0.3, 0.4) is 0 Å². The van der Waals surface area contributed by atoms with Crippen LogP contribution in [0, 0.1) is 40.4 Å². The summed E-state index contributed by atoms with van der Waals surface area (Å²) < 4.78 is 0. The van der Waals surface area contributed by atoms with Gasteiger partial charge in [0.15, 0.2) is 0 Å². The molecule has 2 amide bonds. The van der Waals surface area contributed by atoms with Crippen molar-refractivity contribution in [1.82, 2.24) is 20.4 Å². The van der Waals surface area contributed by atoms with Crippen LogP contribution in [0.25, 0.3) is 0 Å². The van der Waals surface area contributed by atoms with E-state index in [1.807, 2.05) is 13.8 Å². The zero-order chi connectivity index (χ0) is 52.7. The summed E-state index contributed by atoms with van der Waals surface area (Å²) in [6.45, 7) is 23.7. The second kappa shape index (κ2) is 41.9. The fraction of sp³-hybridized carbons (Fsp3) is 0.970. The quantitative estimate of drug-likeness (QED) is 0.0597. The predicted octanol–water partition coefficient (Wildman–Crippen LogP) is 18.8. The third-order valence-corrected chi connectivity index (χ3v) is 20.1. The van der Waals surface area contributed by atoms with Gasteiger partial charge in [0.1, 0.15) is 0 Å². The van der Waals surface area contributed by atoms with E-state index in [1.165, 1.54) is 276 Å². The van der Waals surface area contributed by atoms with Crippen LogP contribution >= 0.6 is 0 Å². The van der Waals surface area contributed by atoms with Crippen molar-refractivity contribution in [2.45, 2.75) is 325 Å². The maximum absolute atomic E-state index is 13.1. The van der Waals surface area contributed by atoms with Crippen LogP contribution < -0.4 is 10.6 Å². The van der Waals surface area contributed by atoms with Gasteiger partial charge in [0.25, 0.3) is 0 Å². The van der Waals surface area contributed by atoms with E-state index in [2.05, 4.69) is 55.1 Å². The molecule has 4 saturated carbocycles. The highest BCUT2D eigenvalue weighted by Crippen LogP contribution is 2.68. The van der Waals surface area contributed by atoms with Gasteiger partial charge in [-0.1, -0.05) is 235 Å². The van der Waals surface area contributed by atoms with E-state index in [4.69, 9.17) is 0 Å². The summed E-state index contributed by atoms with van der Waals surface area (Å²) in [5.74, 6) is 4.57. The van der Waals surface area contributed by atoms with Gasteiger partial charge in [0.05, 0.1) is 6.54 Å². The molecule has 4 aliphatic carbocycles. The zero-order valence-electron chi connectivity index (χ0n) is 50.7. The summed E-state index contributed by atoms with van der Waals surface area (Å²) in [6, 6.07) is 0. The molecule has 0 radical (unpaired) electrons. The van der Waals surface area contributed by atoms with E-state index < -0.39 is 0 Å². The summed E-state index contributed by atoms with van der Waals surface area (Å²) in [5, 5.41) is 6.22. The normalized spacial score (nSPS) is 24.5. The molecule has 430 valence electrons. The van der Waals surface area contributed by atoms with Crippen molar-refractivity contribution in [3.05, 3.63) is 0 Å². The van der Waals surface area contributed by atoms with Gasteiger partial charge in [-0.3, -0.25) is 9.59 Å². The highest BCUT2D eigenvalue weighted by molar-refractivity contribution is 5.84. The first-order chi connectivity index (χ1) is 35.7. The second-order valence-electron chi connectivity index (χ2n) is 25.5. The maximum Gasteiger partial charge on any atom is 0.239 e. The first-order valence-corrected chi connectivity index (χ1v) is 33.7. The minimum absolute atomic E-state index is 0.0370. The Morgan fingerprint density at radius 3 is 1.37 bits per heavy atom. The molecule has 0 bridgehead atoms. The summed E-state index contributed by atoms with van der Waals surface area (Å²) in [6.07, 6.45) is 58.7. The van der Waals surface area contributed by atoms with Crippen molar-refractivity contribution < 1.29 is 9.59 Å². The molecule has 4 aliphatic rings. The molecule has 73 heavy (non-hydrogen) atoms. The van der Waals surface area contributed by atoms with Crippen molar-refractivity contribution >= 4 is 11.8 Å². The molecule has 4 rings (SSSR count). The van der Waals surface area contributed by atoms with Gasteiger partial charge in [0, 0.05) is 32.6 Å². The lowest BCUT2D eigenvalue weighted by molar-refractivity contribution is -0.126. The van der Waals surface area contributed by atoms with Crippen LogP contribution in [0.2, 0.25) is 0 Å². The number of nitrogens with zero attached hydrogens (tertiary/aromatic N) is 2. The Kier molecular flexibility index (Phi) is 38.0. The molecule has 0 aromatic carbocycles. The molecule has 4 fully saturated rings. The number of nitrogens with one attached hydrogen (secondary N) is 2. The van der Waals surface area contributed by atoms with Gasteiger partial charge >= 0.3 is 0 Å². The smallest absolute Gasteiger partial charge is 0.239 e. The summed E-state index contributed by atoms with van der Waals surface area (Å²) in [7, 11) is 0. The largest absolute Gasteiger partial charge is 0.353 e. The monoisotopic (exact) mass is 1020 g/mol. The molecule has 2 N–H and O–H groups in total. The molecular weight excluding hydrogens is 893 g/mol. The van der Waals surface area contributed by atoms with Crippen molar-refractivity contribution in [3.63, 3.8) is 0 Å². The fourth-order valence-corrected chi connectivity index (χ4v) is 15.5. The lowest BCUT2D eigenvalue weighted by atomic mass is 9.45. The van der Waals surface area contributed by atoms with Crippen molar-refractivity contribution in [3.8, 4) is 0 Å². The van der Waals surface area contributed by atoms with Gasteiger partial charge in [-0.2, -0.15) is 0 Å². The van der Waals surface area contributed by atoms with Gasteiger partial charge in [-0.15, -0.1) is 0 Å². The average Bonchev–Trinajstić information content (AvgIpc) is 3.74. The third-order valence-electron chi connectivity index (χ3n) is 20.1. The van der Waals surface area contributed by atoms with E-state index in [1.54, 1.807) is 0 Å². The van der Waals surface area contributed by atoms with Gasteiger partial charge < -0.3 is 20.4 Å². The molecular formula is C67H130N4O2. The number of unbranched alkanes of at least 4 members (excludes halogenated alkanes) is 27. The van der Waals surface area contributed by atoms with Crippen LogP contribution in [0.4, 0.5) is 0 Å². The summed E-state index contributed by atoms with van der Waals surface area (Å²) in [4.78, 5) is 31.7. The Hall–Kier alpha value is -1.14. The van der Waals surface area contributed by atoms with Crippen molar-refractivity contribution in [2.75, 3.05) is 52.4 Å². The Morgan fingerprint density at radius 1 is 0.425 bits per heavy atom. The molecule has 7 unspecified atom stereocenters. The van der Waals surface area contributed by atoms with Gasteiger partial charge in [-0.05, 0) is 144 Å². The fourth-order valence-electron chi connectivity index (χ4n) is 15.5. The van der Waals surface area contributed by atoms with Crippen LogP contribution in [0.5, 0.6) is 0 Å². The molecule has 0 aromatic rings. The van der Waals surface area contributed by atoms with E-state index in [9.17, 15) is 9.59 Å². The van der Waals surface area contributed by atoms with Crippen molar-refractivity contribution in [2.24, 2.45) is 40.4 Å². The van der Waals surface area contributed by atoms with E-state index in [0.717, 1.165) is 62.2 Å². The molecule has 0 heterocycles. The van der Waals surface area contributed by atoms with Crippen LogP contribution in [0.1, 0.15) is 325 Å². The Labute approximate surface area is 457 Å². The molecule has 6 nitrogen and oxygen atoms in total. The van der Waals surface area contributed by atoms with E-state index >= 15 is 0 Å². The minimum Gasteiger partial charge on any atom is -0.353 e. The van der Waals surface area contributed by atoms with Crippen molar-refractivity contribution in [1.29, 1.82) is 0 Å². The van der Waals surface area contributed by atoms with Gasteiger partial charge in [-0.25, -0.2) is 0 Å². The van der Waals surface area contributed by atoms with Crippen LogP contribution in [-0.4, -0.2) is 74.0 Å². The number of carbonyl (C=O) groups excluding carboxylic acids is 2. The molecule has 0 saturated heterocycles. The van der Waals surface area contributed by atoms with Crippen LogP contribution in [-0.2, 0) is 9.59 Å². The molecule has 0 aliphatic heterocycles. The SMILES string of the molecule is CC.CCCCCCCCCCCCN(CCCCCCCCCCCC)CCN(CCCCCCCCCCCC)CCNC(=O)CNC(=O)CCCC1CCC2C3CCC4CCCCC4(C)C3CCC12C.